The summed E-state index contributed by atoms with van der Waals surface area (Å²) in [5, 5.41) is 3.04. The first-order chi connectivity index (χ1) is 15.8. The van der Waals surface area contributed by atoms with Crippen molar-refractivity contribution in [3.63, 3.8) is 0 Å². The van der Waals surface area contributed by atoms with Crippen LogP contribution in [-0.2, 0) is 11.2 Å². The maximum absolute atomic E-state index is 13.5. The third-order valence-corrected chi connectivity index (χ3v) is 8.39. The van der Waals surface area contributed by atoms with Gasteiger partial charge in [-0.1, -0.05) is 13.0 Å². The maximum atomic E-state index is 13.5. The number of carbonyl (C=O) groups excluding carboxylic acids is 3. The van der Waals surface area contributed by atoms with Crippen LogP contribution in [0.25, 0.3) is 0 Å². The number of carbonyl (C=O) groups is 3. The number of aromatic nitrogens is 1. The Hall–Kier alpha value is -2.74. The fourth-order valence-corrected chi connectivity index (χ4v) is 5.84. The van der Waals surface area contributed by atoms with Gasteiger partial charge in [0.15, 0.2) is 0 Å². The second kappa shape index (κ2) is 9.25. The first-order valence-corrected chi connectivity index (χ1v) is 12.5. The number of imide groups is 1. The van der Waals surface area contributed by atoms with Crippen LogP contribution in [0.2, 0.25) is 0 Å². The molecule has 2 saturated heterocycles. The van der Waals surface area contributed by atoms with Crippen LogP contribution >= 0.6 is 11.3 Å². The van der Waals surface area contributed by atoms with Crippen molar-refractivity contribution in [1.29, 1.82) is 0 Å². The highest BCUT2D eigenvalue weighted by Crippen LogP contribution is 2.36. The van der Waals surface area contributed by atoms with Crippen LogP contribution in [0.5, 0.6) is 0 Å². The van der Waals surface area contributed by atoms with Crippen molar-refractivity contribution < 1.29 is 14.4 Å². The van der Waals surface area contributed by atoms with Crippen molar-refractivity contribution in [2.45, 2.75) is 58.9 Å². The van der Waals surface area contributed by atoms with Crippen molar-refractivity contribution in [3.05, 3.63) is 51.0 Å². The van der Waals surface area contributed by atoms with Crippen LogP contribution in [0, 0.1) is 26.7 Å². The summed E-state index contributed by atoms with van der Waals surface area (Å²) in [6.07, 6.45) is 2.55. The van der Waals surface area contributed by atoms with E-state index in [2.05, 4.69) is 10.3 Å². The van der Waals surface area contributed by atoms with E-state index in [0.717, 1.165) is 16.1 Å². The number of thiazole rings is 1. The normalized spacial score (nSPS) is 21.6. The molecule has 1 atom stereocenters. The molecule has 3 heterocycles. The van der Waals surface area contributed by atoms with Crippen LogP contribution in [0.4, 0.5) is 4.79 Å². The van der Waals surface area contributed by atoms with E-state index >= 15 is 0 Å². The summed E-state index contributed by atoms with van der Waals surface area (Å²) in [7, 11) is 0. The van der Waals surface area contributed by atoms with Crippen LogP contribution in [-0.4, -0.2) is 57.8 Å². The summed E-state index contributed by atoms with van der Waals surface area (Å²) < 4.78 is 0. The van der Waals surface area contributed by atoms with E-state index < -0.39 is 5.54 Å². The van der Waals surface area contributed by atoms with Gasteiger partial charge in [-0.25, -0.2) is 9.78 Å². The fourth-order valence-electron chi connectivity index (χ4n) is 5.06. The number of piperidine rings is 1. The van der Waals surface area contributed by atoms with E-state index in [1.54, 1.807) is 16.8 Å². The van der Waals surface area contributed by atoms with Crippen molar-refractivity contribution in [1.82, 2.24) is 20.1 Å². The average Bonchev–Trinajstić information content (AvgIpc) is 3.33. The fraction of sp³-hybridized carbons (Fsp3) is 0.520. The number of amides is 4. The standard InChI is InChI=1S/C25H32N4O3S/c1-5-25(23(31)29(24(32)27-25)13-10-21-18(4)26-15-33-21)20-8-11-28(12-9-20)22(30)19-7-6-16(2)17(3)14-19/h6-7,14-15,20H,5,8-13H2,1-4H3,(H,27,32). The predicted molar refractivity (Wildman–Crippen MR) is 128 cm³/mol. The van der Waals surface area contributed by atoms with Crippen molar-refractivity contribution >= 4 is 29.2 Å². The molecule has 4 rings (SSSR count). The number of likely N-dealkylation sites (tertiary alicyclic amines) is 1. The lowest BCUT2D eigenvalue weighted by atomic mass is 9.75. The molecule has 1 aromatic carbocycles. The zero-order valence-corrected chi connectivity index (χ0v) is 20.6. The van der Waals surface area contributed by atoms with Gasteiger partial charge in [-0.05, 0) is 69.2 Å². The number of hydrogen-bond acceptors (Lipinski definition) is 5. The van der Waals surface area contributed by atoms with Crippen LogP contribution in [0.1, 0.15) is 58.2 Å². The zero-order chi connectivity index (χ0) is 23.8. The molecule has 0 aliphatic carbocycles. The second-order valence-electron chi connectivity index (χ2n) is 9.19. The van der Waals surface area contributed by atoms with E-state index in [-0.39, 0.29) is 23.8 Å². The van der Waals surface area contributed by atoms with Gasteiger partial charge >= 0.3 is 6.03 Å². The summed E-state index contributed by atoms with van der Waals surface area (Å²) in [5.74, 6) is -0.0839. The molecule has 33 heavy (non-hydrogen) atoms. The molecule has 1 N–H and O–H groups in total. The highest BCUT2D eigenvalue weighted by Gasteiger charge is 2.54. The van der Waals surface area contributed by atoms with Crippen LogP contribution < -0.4 is 5.32 Å². The number of urea groups is 1. The molecule has 1 aromatic heterocycles. The van der Waals surface area contributed by atoms with Gasteiger partial charge in [0.1, 0.15) is 5.54 Å². The Bertz CT molecular complexity index is 1070. The summed E-state index contributed by atoms with van der Waals surface area (Å²) in [5.41, 5.74) is 4.84. The summed E-state index contributed by atoms with van der Waals surface area (Å²) >= 11 is 1.55. The molecule has 176 valence electrons. The maximum Gasteiger partial charge on any atom is 0.325 e. The minimum atomic E-state index is -0.880. The Morgan fingerprint density at radius 1 is 1.18 bits per heavy atom. The summed E-state index contributed by atoms with van der Waals surface area (Å²) in [4.78, 5) is 47.9. The third-order valence-electron chi connectivity index (χ3n) is 7.40. The summed E-state index contributed by atoms with van der Waals surface area (Å²) in [6.45, 7) is 9.48. The third kappa shape index (κ3) is 4.28. The molecule has 0 radical (unpaired) electrons. The molecule has 8 heteroatoms. The van der Waals surface area contributed by atoms with Crippen molar-refractivity contribution in [2.24, 2.45) is 5.92 Å². The van der Waals surface area contributed by atoms with Crippen molar-refractivity contribution in [3.8, 4) is 0 Å². The Kier molecular flexibility index (Phi) is 6.56. The Labute approximate surface area is 199 Å². The van der Waals surface area contributed by atoms with Gasteiger partial charge in [-0.15, -0.1) is 11.3 Å². The van der Waals surface area contributed by atoms with E-state index in [0.29, 0.717) is 50.9 Å². The Morgan fingerprint density at radius 2 is 1.91 bits per heavy atom. The topological polar surface area (TPSA) is 82.6 Å². The Balaban J connectivity index is 1.42. The second-order valence-corrected chi connectivity index (χ2v) is 10.1. The molecule has 1 unspecified atom stereocenters. The zero-order valence-electron chi connectivity index (χ0n) is 19.8. The summed E-state index contributed by atoms with van der Waals surface area (Å²) in [6, 6.07) is 5.50. The quantitative estimate of drug-likeness (QED) is 0.653. The molecular formula is C25H32N4O3S. The van der Waals surface area contributed by atoms with E-state index in [1.807, 2.05) is 50.8 Å². The molecule has 2 fully saturated rings. The lowest BCUT2D eigenvalue weighted by molar-refractivity contribution is -0.134. The predicted octanol–water partition coefficient (Wildman–Crippen LogP) is 3.86. The number of nitrogens with zero attached hydrogens (tertiary/aromatic N) is 3. The molecule has 2 aromatic rings. The van der Waals surface area contributed by atoms with E-state index in [4.69, 9.17) is 0 Å². The van der Waals surface area contributed by atoms with Gasteiger partial charge in [-0.2, -0.15) is 0 Å². The van der Waals surface area contributed by atoms with Gasteiger partial charge in [0.2, 0.25) is 0 Å². The van der Waals surface area contributed by atoms with Gasteiger partial charge in [-0.3, -0.25) is 14.5 Å². The van der Waals surface area contributed by atoms with E-state index in [1.165, 1.54) is 10.5 Å². The molecule has 0 bridgehead atoms. The molecule has 2 aliphatic rings. The number of benzene rings is 1. The molecule has 7 nitrogen and oxygen atoms in total. The van der Waals surface area contributed by atoms with Gasteiger partial charge in [0.05, 0.1) is 11.2 Å². The smallest absolute Gasteiger partial charge is 0.325 e. The van der Waals surface area contributed by atoms with Gasteiger partial charge in [0, 0.05) is 36.5 Å². The van der Waals surface area contributed by atoms with Crippen molar-refractivity contribution in [2.75, 3.05) is 19.6 Å². The first kappa shape index (κ1) is 23.4. The first-order valence-electron chi connectivity index (χ1n) is 11.7. The van der Waals surface area contributed by atoms with Crippen LogP contribution in [0.3, 0.4) is 0 Å². The van der Waals surface area contributed by atoms with Crippen LogP contribution in [0.15, 0.2) is 23.7 Å². The lowest BCUT2D eigenvalue weighted by Gasteiger charge is -2.40. The lowest BCUT2D eigenvalue weighted by Crippen LogP contribution is -2.56. The molecule has 0 saturated carbocycles. The number of rotatable bonds is 6. The van der Waals surface area contributed by atoms with E-state index in [9.17, 15) is 14.4 Å². The minimum Gasteiger partial charge on any atom is -0.339 e. The number of hydrogen-bond donors (Lipinski definition) is 1. The molecule has 2 aliphatic heterocycles. The van der Waals surface area contributed by atoms with Gasteiger partial charge < -0.3 is 10.2 Å². The highest BCUT2D eigenvalue weighted by atomic mass is 32.1. The highest BCUT2D eigenvalue weighted by molar-refractivity contribution is 7.09. The SMILES string of the molecule is CCC1(C2CCN(C(=O)c3ccc(C)c(C)c3)CC2)NC(=O)N(CCc2scnc2C)C1=O. The number of aryl methyl sites for hydroxylation is 3. The largest absolute Gasteiger partial charge is 0.339 e. The minimum absolute atomic E-state index is 0.0119. The molecule has 4 amide bonds. The number of nitrogens with one attached hydrogen (secondary N) is 1. The monoisotopic (exact) mass is 468 g/mol. The molecular weight excluding hydrogens is 436 g/mol. The van der Waals surface area contributed by atoms with Gasteiger partial charge in [0.25, 0.3) is 11.8 Å². The Morgan fingerprint density at radius 3 is 2.52 bits per heavy atom. The molecule has 0 spiro atoms. The average molecular weight is 469 g/mol.